The van der Waals surface area contributed by atoms with Gasteiger partial charge < -0.3 is 0 Å². The molecule has 0 N–H and O–H groups in total. The molecule has 11 heavy (non-hydrogen) atoms. The van der Waals surface area contributed by atoms with E-state index in [1.807, 2.05) is 26.0 Å². The quantitative estimate of drug-likeness (QED) is 0.615. The smallest absolute Gasteiger partial charge is 0.0727 e. The standard InChI is InChI=1S/C8H9Cl2P/c1-6-3-7(2)5-8(4-6)11(9)10/h3-5H,1-2H3. The summed E-state index contributed by atoms with van der Waals surface area (Å²) < 4.78 is 0. The highest BCUT2D eigenvalue weighted by Gasteiger charge is 2.03. The molecule has 0 unspecified atom stereocenters. The van der Waals surface area contributed by atoms with E-state index in [1.165, 1.54) is 11.1 Å². The molecular weight excluding hydrogens is 198 g/mol. The zero-order chi connectivity index (χ0) is 8.43. The summed E-state index contributed by atoms with van der Waals surface area (Å²) in [4.78, 5) is 0. The van der Waals surface area contributed by atoms with Crippen LogP contribution in [0.1, 0.15) is 11.1 Å². The lowest BCUT2D eigenvalue weighted by atomic mass is 10.2. The van der Waals surface area contributed by atoms with Crippen molar-refractivity contribution in [2.24, 2.45) is 0 Å². The van der Waals surface area contributed by atoms with Gasteiger partial charge in [0.1, 0.15) is 6.63 Å². The summed E-state index contributed by atoms with van der Waals surface area (Å²) in [6, 6.07) is 6.16. The summed E-state index contributed by atoms with van der Waals surface area (Å²) >= 11 is 11.6. The van der Waals surface area contributed by atoms with Gasteiger partial charge in [0, 0.05) is 5.30 Å². The summed E-state index contributed by atoms with van der Waals surface area (Å²) in [6.07, 6.45) is 0. The van der Waals surface area contributed by atoms with Crippen LogP contribution in [0.2, 0.25) is 0 Å². The molecule has 0 saturated heterocycles. The largest absolute Gasteiger partial charge is 0.116 e. The Morgan fingerprint density at radius 3 is 1.82 bits per heavy atom. The fourth-order valence-electron chi connectivity index (χ4n) is 1.05. The van der Waals surface area contributed by atoms with Gasteiger partial charge in [-0.05, 0) is 26.0 Å². The van der Waals surface area contributed by atoms with E-state index in [1.54, 1.807) is 0 Å². The minimum atomic E-state index is -0.984. The number of hydrogen-bond donors (Lipinski definition) is 0. The van der Waals surface area contributed by atoms with Crippen molar-refractivity contribution in [3.05, 3.63) is 29.3 Å². The van der Waals surface area contributed by atoms with Crippen LogP contribution in [-0.4, -0.2) is 0 Å². The highest BCUT2D eigenvalue weighted by Crippen LogP contribution is 2.45. The molecule has 0 aliphatic carbocycles. The van der Waals surface area contributed by atoms with Crippen LogP contribution in [0.25, 0.3) is 0 Å². The third-order valence-electron chi connectivity index (χ3n) is 1.40. The maximum Gasteiger partial charge on any atom is 0.116 e. The Morgan fingerprint density at radius 2 is 1.45 bits per heavy atom. The second-order valence-electron chi connectivity index (χ2n) is 2.58. The Labute approximate surface area is 77.9 Å². The molecule has 0 radical (unpaired) electrons. The van der Waals surface area contributed by atoms with Gasteiger partial charge in [0.25, 0.3) is 0 Å². The van der Waals surface area contributed by atoms with E-state index in [0.29, 0.717) is 0 Å². The van der Waals surface area contributed by atoms with E-state index in [4.69, 9.17) is 22.5 Å². The van der Waals surface area contributed by atoms with Crippen molar-refractivity contribution >= 4 is 34.4 Å². The number of rotatable bonds is 1. The van der Waals surface area contributed by atoms with Crippen molar-refractivity contribution in [3.63, 3.8) is 0 Å². The van der Waals surface area contributed by atoms with Crippen LogP contribution < -0.4 is 5.30 Å². The van der Waals surface area contributed by atoms with Crippen LogP contribution in [0.4, 0.5) is 0 Å². The van der Waals surface area contributed by atoms with Gasteiger partial charge >= 0.3 is 0 Å². The van der Waals surface area contributed by atoms with Gasteiger partial charge in [-0.15, -0.1) is 0 Å². The maximum absolute atomic E-state index is 5.78. The molecule has 1 aromatic carbocycles. The lowest BCUT2D eigenvalue weighted by Gasteiger charge is -2.03. The monoisotopic (exact) mass is 206 g/mol. The number of benzene rings is 1. The summed E-state index contributed by atoms with van der Waals surface area (Å²) in [5, 5.41) is 1.04. The van der Waals surface area contributed by atoms with Gasteiger partial charge in [0.2, 0.25) is 0 Å². The number of hydrogen-bond acceptors (Lipinski definition) is 0. The Balaban J connectivity index is 3.08. The number of halogens is 2. The van der Waals surface area contributed by atoms with E-state index < -0.39 is 6.63 Å². The third kappa shape index (κ3) is 2.63. The van der Waals surface area contributed by atoms with E-state index >= 15 is 0 Å². The van der Waals surface area contributed by atoms with Crippen LogP contribution in [0.15, 0.2) is 18.2 Å². The molecule has 0 nitrogen and oxygen atoms in total. The van der Waals surface area contributed by atoms with Crippen LogP contribution in [-0.2, 0) is 0 Å². The molecule has 0 bridgehead atoms. The van der Waals surface area contributed by atoms with Crippen molar-refractivity contribution in [1.29, 1.82) is 0 Å². The predicted molar refractivity (Wildman–Crippen MR) is 54.2 cm³/mol. The molecule has 0 spiro atoms. The lowest BCUT2D eigenvalue weighted by Crippen LogP contribution is -1.96. The van der Waals surface area contributed by atoms with Gasteiger partial charge in [-0.3, -0.25) is 0 Å². The molecule has 0 fully saturated rings. The van der Waals surface area contributed by atoms with Crippen molar-refractivity contribution in [1.82, 2.24) is 0 Å². The fourth-order valence-corrected chi connectivity index (χ4v) is 2.24. The predicted octanol–water partition coefficient (Wildman–Crippen LogP) is 3.72. The first-order valence-corrected chi connectivity index (χ1v) is 6.45. The molecule has 60 valence electrons. The maximum atomic E-state index is 5.78. The normalized spacial score (nSPS) is 10.6. The highest BCUT2D eigenvalue weighted by atomic mass is 35.9. The SMILES string of the molecule is Cc1cc(C)cc(P(Cl)Cl)c1. The first-order chi connectivity index (χ1) is 5.09. The molecule has 0 heterocycles. The minimum Gasteiger partial charge on any atom is -0.0727 e. The van der Waals surface area contributed by atoms with Gasteiger partial charge in [-0.1, -0.05) is 39.7 Å². The topological polar surface area (TPSA) is 0 Å². The molecule has 0 aromatic heterocycles. The second-order valence-corrected chi connectivity index (χ2v) is 6.11. The van der Waals surface area contributed by atoms with E-state index in [9.17, 15) is 0 Å². The number of aryl methyl sites for hydroxylation is 2. The molecule has 0 aliphatic rings. The molecule has 0 aliphatic heterocycles. The zero-order valence-electron chi connectivity index (χ0n) is 6.44. The average molecular weight is 207 g/mol. The van der Waals surface area contributed by atoms with Crippen molar-refractivity contribution in [3.8, 4) is 0 Å². The Bertz CT molecular complexity index is 238. The van der Waals surface area contributed by atoms with Gasteiger partial charge in [0.15, 0.2) is 0 Å². The molecule has 1 rings (SSSR count). The van der Waals surface area contributed by atoms with Crippen LogP contribution in [0.5, 0.6) is 0 Å². The van der Waals surface area contributed by atoms with Crippen LogP contribution in [0.3, 0.4) is 0 Å². The van der Waals surface area contributed by atoms with Crippen molar-refractivity contribution in [2.75, 3.05) is 0 Å². The average Bonchev–Trinajstić information content (AvgIpc) is 1.85. The second kappa shape index (κ2) is 3.76. The molecule has 0 saturated carbocycles. The summed E-state index contributed by atoms with van der Waals surface area (Å²) in [6.45, 7) is 3.11. The first kappa shape index (κ1) is 9.32. The molecule has 0 atom stereocenters. The first-order valence-electron chi connectivity index (χ1n) is 3.29. The van der Waals surface area contributed by atoms with E-state index in [0.717, 1.165) is 5.30 Å². The molecule has 3 heteroatoms. The van der Waals surface area contributed by atoms with Gasteiger partial charge in [0.05, 0.1) is 0 Å². The fraction of sp³-hybridized carbons (Fsp3) is 0.250. The summed E-state index contributed by atoms with van der Waals surface area (Å²) in [5.74, 6) is 0. The van der Waals surface area contributed by atoms with Gasteiger partial charge in [-0.25, -0.2) is 0 Å². The Morgan fingerprint density at radius 1 is 1.00 bits per heavy atom. The molecular formula is C8H9Cl2P. The Hall–Kier alpha value is 0.230. The van der Waals surface area contributed by atoms with Gasteiger partial charge in [-0.2, -0.15) is 0 Å². The lowest BCUT2D eigenvalue weighted by molar-refractivity contribution is 1.41. The minimum absolute atomic E-state index is 0.984. The third-order valence-corrected chi connectivity index (χ3v) is 3.22. The van der Waals surface area contributed by atoms with Crippen molar-refractivity contribution in [2.45, 2.75) is 13.8 Å². The van der Waals surface area contributed by atoms with Crippen LogP contribution >= 0.6 is 29.1 Å². The molecule has 1 aromatic rings. The Kier molecular flexibility index (Phi) is 3.18. The van der Waals surface area contributed by atoms with E-state index in [2.05, 4.69) is 6.07 Å². The summed E-state index contributed by atoms with van der Waals surface area (Å²) in [7, 11) is 0. The highest BCUT2D eigenvalue weighted by molar-refractivity contribution is 8.08. The van der Waals surface area contributed by atoms with Crippen LogP contribution in [0, 0.1) is 13.8 Å². The van der Waals surface area contributed by atoms with E-state index in [-0.39, 0.29) is 0 Å². The molecule has 0 amide bonds. The summed E-state index contributed by atoms with van der Waals surface area (Å²) in [5.41, 5.74) is 2.43. The zero-order valence-corrected chi connectivity index (χ0v) is 8.84. The van der Waals surface area contributed by atoms with Crippen molar-refractivity contribution < 1.29 is 0 Å².